The third-order valence-corrected chi connectivity index (χ3v) is 6.40. The SMILES string of the molecule is C[C@H](C#CC1CC(OC2CCNCC2)C1)n1cc(C(/C=C(\N)c2ccccc2O)=C(N)N)cn1. The zero-order chi connectivity index (χ0) is 24.1. The van der Waals surface area contributed by atoms with E-state index in [2.05, 4.69) is 22.3 Å². The van der Waals surface area contributed by atoms with E-state index in [0.29, 0.717) is 35.0 Å². The van der Waals surface area contributed by atoms with E-state index in [1.807, 2.05) is 13.1 Å². The van der Waals surface area contributed by atoms with Crippen molar-refractivity contribution in [1.82, 2.24) is 15.1 Å². The zero-order valence-corrected chi connectivity index (χ0v) is 19.6. The van der Waals surface area contributed by atoms with Gasteiger partial charge in [-0.1, -0.05) is 24.0 Å². The van der Waals surface area contributed by atoms with Gasteiger partial charge in [-0.05, 0) is 63.9 Å². The second-order valence-corrected chi connectivity index (χ2v) is 9.04. The molecule has 0 radical (unpaired) electrons. The molecule has 2 aromatic rings. The fourth-order valence-corrected chi connectivity index (χ4v) is 4.28. The Bertz CT molecular complexity index is 1110. The molecule has 2 heterocycles. The third kappa shape index (κ3) is 5.74. The molecule has 34 heavy (non-hydrogen) atoms. The Hall–Kier alpha value is -3.41. The number of ether oxygens (including phenoxy) is 1. The Morgan fingerprint density at radius 2 is 1.94 bits per heavy atom. The summed E-state index contributed by atoms with van der Waals surface area (Å²) in [4.78, 5) is 0. The summed E-state index contributed by atoms with van der Waals surface area (Å²) in [5.41, 5.74) is 20.2. The highest BCUT2D eigenvalue weighted by molar-refractivity contribution is 5.84. The van der Waals surface area contributed by atoms with Crippen LogP contribution in [0.5, 0.6) is 5.75 Å². The number of aromatic hydroxyl groups is 1. The van der Waals surface area contributed by atoms with Gasteiger partial charge in [0.15, 0.2) is 0 Å². The molecule has 8 heteroatoms. The van der Waals surface area contributed by atoms with E-state index in [1.165, 1.54) is 0 Å². The molecule has 0 unspecified atom stereocenters. The summed E-state index contributed by atoms with van der Waals surface area (Å²) < 4.78 is 7.98. The minimum Gasteiger partial charge on any atom is -0.507 e. The predicted octanol–water partition coefficient (Wildman–Crippen LogP) is 2.29. The number of nitrogens with one attached hydrogen (secondary N) is 1. The number of nitrogens with zero attached hydrogens (tertiary/aromatic N) is 2. The lowest BCUT2D eigenvalue weighted by molar-refractivity contribution is -0.0743. The maximum atomic E-state index is 10.1. The molecule has 1 aromatic heterocycles. The summed E-state index contributed by atoms with van der Waals surface area (Å²) >= 11 is 0. The van der Waals surface area contributed by atoms with Crippen molar-refractivity contribution in [1.29, 1.82) is 0 Å². The molecule has 8 nitrogen and oxygen atoms in total. The van der Waals surface area contributed by atoms with Crippen LogP contribution in [-0.4, -0.2) is 40.2 Å². The standard InChI is InChI=1S/C26H34N6O2/c1-17(6-7-18-12-21(13-18)34-20-8-10-30-11-9-20)32-16-19(15-31-32)23(26(28)29)14-24(27)22-4-2-3-5-25(22)33/h2-5,14-18,20-21,30,33H,8-13,27-29H2,1H3/b24-14-/t17-,18?,21?/m1/s1. The zero-order valence-electron chi connectivity index (χ0n) is 19.6. The van der Waals surface area contributed by atoms with Crippen LogP contribution in [0.1, 0.15) is 49.8 Å². The number of phenols is 1. The first kappa shape index (κ1) is 23.7. The van der Waals surface area contributed by atoms with Gasteiger partial charge in [-0.2, -0.15) is 5.10 Å². The first-order valence-corrected chi connectivity index (χ1v) is 11.8. The van der Waals surface area contributed by atoms with Gasteiger partial charge in [0.1, 0.15) is 17.6 Å². The van der Waals surface area contributed by atoms with Crippen molar-refractivity contribution in [2.24, 2.45) is 23.1 Å². The summed E-state index contributed by atoms with van der Waals surface area (Å²) in [7, 11) is 0. The van der Waals surface area contributed by atoms with Crippen molar-refractivity contribution < 1.29 is 9.84 Å². The summed E-state index contributed by atoms with van der Waals surface area (Å²) in [6.45, 7) is 4.11. The highest BCUT2D eigenvalue weighted by atomic mass is 16.5. The van der Waals surface area contributed by atoms with Crippen molar-refractivity contribution in [2.75, 3.05) is 13.1 Å². The van der Waals surface area contributed by atoms with Gasteiger partial charge in [0, 0.05) is 34.5 Å². The van der Waals surface area contributed by atoms with Crippen molar-refractivity contribution in [3.63, 3.8) is 0 Å². The van der Waals surface area contributed by atoms with E-state index in [-0.39, 0.29) is 17.6 Å². The molecule has 1 aromatic carbocycles. The lowest BCUT2D eigenvalue weighted by atomic mass is 9.82. The maximum Gasteiger partial charge on any atom is 0.124 e. The summed E-state index contributed by atoms with van der Waals surface area (Å²) in [5, 5.41) is 17.9. The molecule has 1 atom stereocenters. The summed E-state index contributed by atoms with van der Waals surface area (Å²) in [6, 6.07) is 6.74. The molecule has 1 aliphatic heterocycles. The normalized spacial score (nSPS) is 21.7. The third-order valence-electron chi connectivity index (χ3n) is 6.40. The Balaban J connectivity index is 1.37. The van der Waals surface area contributed by atoms with E-state index >= 15 is 0 Å². The van der Waals surface area contributed by atoms with Gasteiger partial charge in [-0.25, -0.2) is 0 Å². The minimum absolute atomic E-state index is 0.0881. The molecular weight excluding hydrogens is 428 g/mol. The van der Waals surface area contributed by atoms with E-state index in [0.717, 1.165) is 44.3 Å². The molecule has 0 amide bonds. The number of allylic oxidation sites excluding steroid dienone is 2. The number of hydrogen-bond acceptors (Lipinski definition) is 7. The van der Waals surface area contributed by atoms with Crippen LogP contribution in [0.4, 0.5) is 0 Å². The van der Waals surface area contributed by atoms with Crippen LogP contribution >= 0.6 is 0 Å². The highest BCUT2D eigenvalue weighted by Crippen LogP contribution is 2.32. The smallest absolute Gasteiger partial charge is 0.124 e. The number of piperidine rings is 1. The van der Waals surface area contributed by atoms with Crippen LogP contribution in [0.15, 0.2) is 48.6 Å². The van der Waals surface area contributed by atoms with Gasteiger partial charge in [0.25, 0.3) is 0 Å². The lowest BCUT2D eigenvalue weighted by Gasteiger charge is -2.36. The molecular formula is C26H34N6O2. The van der Waals surface area contributed by atoms with Gasteiger partial charge < -0.3 is 32.4 Å². The highest BCUT2D eigenvalue weighted by Gasteiger charge is 2.31. The first-order valence-electron chi connectivity index (χ1n) is 11.8. The average molecular weight is 463 g/mol. The van der Waals surface area contributed by atoms with Crippen molar-refractivity contribution in [3.05, 3.63) is 59.7 Å². The fraction of sp³-hybridized carbons (Fsp3) is 0.423. The predicted molar refractivity (Wildman–Crippen MR) is 134 cm³/mol. The van der Waals surface area contributed by atoms with E-state index in [4.69, 9.17) is 21.9 Å². The van der Waals surface area contributed by atoms with Crippen LogP contribution in [0, 0.1) is 17.8 Å². The second kappa shape index (κ2) is 10.7. The molecule has 1 saturated carbocycles. The number of phenolic OH excluding ortho intramolecular Hbond substituents is 1. The van der Waals surface area contributed by atoms with Crippen LogP contribution < -0.4 is 22.5 Å². The number of benzene rings is 1. The van der Waals surface area contributed by atoms with Gasteiger partial charge in [0.2, 0.25) is 0 Å². The Kier molecular flexibility index (Phi) is 7.46. The number of nitrogens with two attached hydrogens (primary N) is 3. The van der Waals surface area contributed by atoms with Gasteiger partial charge in [-0.15, -0.1) is 0 Å². The summed E-state index contributed by atoms with van der Waals surface area (Å²) in [5.74, 6) is 7.28. The van der Waals surface area contributed by atoms with Crippen LogP contribution in [0.3, 0.4) is 0 Å². The molecule has 2 fully saturated rings. The second-order valence-electron chi connectivity index (χ2n) is 9.04. The molecule has 0 spiro atoms. The van der Waals surface area contributed by atoms with Gasteiger partial charge in [-0.3, -0.25) is 4.68 Å². The van der Waals surface area contributed by atoms with E-state index < -0.39 is 0 Å². The maximum absolute atomic E-state index is 10.1. The molecule has 1 aliphatic carbocycles. The van der Waals surface area contributed by atoms with Crippen molar-refractivity contribution >= 4 is 11.3 Å². The Morgan fingerprint density at radius 1 is 1.21 bits per heavy atom. The topological polar surface area (TPSA) is 137 Å². The number of hydrogen-bond donors (Lipinski definition) is 5. The molecule has 0 bridgehead atoms. The van der Waals surface area contributed by atoms with Crippen molar-refractivity contribution in [3.8, 4) is 17.6 Å². The van der Waals surface area contributed by atoms with Crippen LogP contribution in [0.2, 0.25) is 0 Å². The van der Waals surface area contributed by atoms with E-state index in [1.54, 1.807) is 41.2 Å². The summed E-state index contributed by atoms with van der Waals surface area (Å²) in [6.07, 6.45) is 10.1. The molecule has 2 aliphatic rings. The average Bonchev–Trinajstić information content (AvgIpc) is 3.29. The molecule has 4 rings (SSSR count). The van der Waals surface area contributed by atoms with Gasteiger partial charge in [0.05, 0.1) is 18.4 Å². The van der Waals surface area contributed by atoms with Gasteiger partial charge >= 0.3 is 0 Å². The number of para-hydroxylation sites is 1. The quantitative estimate of drug-likeness (QED) is 0.328. The molecule has 8 N–H and O–H groups in total. The minimum atomic E-state index is -0.0992. The first-order chi connectivity index (χ1) is 16.4. The van der Waals surface area contributed by atoms with E-state index in [9.17, 15) is 5.11 Å². The van der Waals surface area contributed by atoms with Crippen LogP contribution in [0.25, 0.3) is 11.3 Å². The number of rotatable bonds is 6. The molecule has 180 valence electrons. The lowest BCUT2D eigenvalue weighted by Crippen LogP contribution is -2.39. The van der Waals surface area contributed by atoms with Crippen LogP contribution in [-0.2, 0) is 4.74 Å². The van der Waals surface area contributed by atoms with Crippen molar-refractivity contribution in [2.45, 2.75) is 50.9 Å². The largest absolute Gasteiger partial charge is 0.507 e. The Labute approximate surface area is 200 Å². The number of aromatic nitrogens is 2. The molecule has 1 saturated heterocycles. The monoisotopic (exact) mass is 462 g/mol. The Morgan fingerprint density at radius 3 is 2.65 bits per heavy atom. The fourth-order valence-electron chi connectivity index (χ4n) is 4.28.